The van der Waals surface area contributed by atoms with E-state index in [9.17, 15) is 9.59 Å². The van der Waals surface area contributed by atoms with Crippen LogP contribution in [0, 0.1) is 0 Å². The van der Waals surface area contributed by atoms with E-state index in [1.54, 1.807) is 11.8 Å². The fourth-order valence-corrected chi connectivity index (χ4v) is 2.44. The number of likely N-dealkylation sites (N-methyl/N-ethyl adjacent to an activating group) is 1. The number of amides is 2. The van der Waals surface area contributed by atoms with E-state index < -0.39 is 0 Å². The molecular formula is C17H25N3O2. The third-order valence-electron chi connectivity index (χ3n) is 4.12. The van der Waals surface area contributed by atoms with Gasteiger partial charge in [0, 0.05) is 38.8 Å². The van der Waals surface area contributed by atoms with Crippen molar-refractivity contribution in [2.45, 2.75) is 39.3 Å². The molecule has 1 fully saturated rings. The highest BCUT2D eigenvalue weighted by molar-refractivity contribution is 5.81. The number of para-hydroxylation sites is 1. The second-order valence-corrected chi connectivity index (χ2v) is 5.78. The fraction of sp³-hybridized carbons (Fsp3) is 0.529. The second-order valence-electron chi connectivity index (χ2n) is 5.78. The van der Waals surface area contributed by atoms with Gasteiger partial charge in [-0.2, -0.15) is 0 Å². The van der Waals surface area contributed by atoms with E-state index in [2.05, 4.69) is 5.32 Å². The predicted molar refractivity (Wildman–Crippen MR) is 87.5 cm³/mol. The van der Waals surface area contributed by atoms with Gasteiger partial charge in [0.2, 0.25) is 11.8 Å². The molecule has 1 N–H and O–H groups in total. The van der Waals surface area contributed by atoms with Crippen LogP contribution in [0.3, 0.4) is 0 Å². The van der Waals surface area contributed by atoms with Crippen LogP contribution >= 0.6 is 0 Å². The molecule has 0 atom stereocenters. The fourth-order valence-electron chi connectivity index (χ4n) is 2.44. The number of nitrogens with zero attached hydrogens (tertiary/aromatic N) is 2. The quantitative estimate of drug-likeness (QED) is 0.839. The molecule has 0 unspecified atom stereocenters. The van der Waals surface area contributed by atoms with Gasteiger partial charge in [-0.1, -0.05) is 18.2 Å². The molecule has 2 amide bonds. The maximum Gasteiger partial charge on any atom is 0.241 e. The van der Waals surface area contributed by atoms with Gasteiger partial charge in [-0.3, -0.25) is 9.59 Å². The highest BCUT2D eigenvalue weighted by Gasteiger charge is 2.29. The predicted octanol–water partition coefficient (Wildman–Crippen LogP) is 2.09. The first-order chi connectivity index (χ1) is 10.5. The zero-order valence-corrected chi connectivity index (χ0v) is 13.6. The van der Waals surface area contributed by atoms with Gasteiger partial charge < -0.3 is 15.1 Å². The highest BCUT2D eigenvalue weighted by Crippen LogP contribution is 2.25. The molecule has 0 spiro atoms. The zero-order valence-electron chi connectivity index (χ0n) is 13.6. The van der Waals surface area contributed by atoms with Crippen LogP contribution in [0.4, 0.5) is 5.69 Å². The molecule has 5 nitrogen and oxygen atoms in total. The van der Waals surface area contributed by atoms with Crippen LogP contribution in [0.5, 0.6) is 0 Å². The topological polar surface area (TPSA) is 52.7 Å². The molecule has 22 heavy (non-hydrogen) atoms. The minimum absolute atomic E-state index is 0.0573. The van der Waals surface area contributed by atoms with Gasteiger partial charge in [0.05, 0.1) is 6.54 Å². The van der Waals surface area contributed by atoms with Crippen molar-refractivity contribution in [3.05, 3.63) is 29.8 Å². The van der Waals surface area contributed by atoms with Crippen LogP contribution in [0.25, 0.3) is 0 Å². The Morgan fingerprint density at radius 1 is 1.27 bits per heavy atom. The van der Waals surface area contributed by atoms with Gasteiger partial charge >= 0.3 is 0 Å². The van der Waals surface area contributed by atoms with Gasteiger partial charge in [-0.05, 0) is 31.4 Å². The van der Waals surface area contributed by atoms with Crippen molar-refractivity contribution in [3.8, 4) is 0 Å². The largest absolute Gasteiger partial charge is 0.376 e. The van der Waals surface area contributed by atoms with Crippen LogP contribution in [-0.2, 0) is 16.1 Å². The molecule has 0 aromatic heterocycles. The lowest BCUT2D eigenvalue weighted by Crippen LogP contribution is -2.34. The molecule has 0 saturated heterocycles. The Hall–Kier alpha value is -2.04. The molecule has 120 valence electrons. The molecule has 1 aromatic carbocycles. The lowest BCUT2D eigenvalue weighted by atomic mass is 10.1. The summed E-state index contributed by atoms with van der Waals surface area (Å²) in [5.74, 6) is 0.165. The van der Waals surface area contributed by atoms with Gasteiger partial charge in [0.25, 0.3) is 0 Å². The van der Waals surface area contributed by atoms with Crippen molar-refractivity contribution >= 4 is 17.5 Å². The Kier molecular flexibility index (Phi) is 5.41. The van der Waals surface area contributed by atoms with Crippen LogP contribution < -0.4 is 5.32 Å². The standard InChI is InChI=1S/C17H25N3O2/c1-4-20(13(2)21)12-14-7-5-6-8-16(14)18-11-17(22)19(3)15-9-10-15/h5-8,15,18H,4,9-12H2,1-3H3. The molecule has 2 rings (SSSR count). The minimum atomic E-state index is 0.0573. The first-order valence-corrected chi connectivity index (χ1v) is 7.85. The summed E-state index contributed by atoms with van der Waals surface area (Å²) in [5.41, 5.74) is 1.95. The number of carbonyl (C=O) groups excluding carboxylic acids is 2. The first kappa shape index (κ1) is 16.3. The van der Waals surface area contributed by atoms with Gasteiger partial charge in [0.15, 0.2) is 0 Å². The van der Waals surface area contributed by atoms with E-state index in [0.29, 0.717) is 19.1 Å². The average molecular weight is 303 g/mol. The summed E-state index contributed by atoms with van der Waals surface area (Å²) >= 11 is 0. The molecule has 0 radical (unpaired) electrons. The summed E-state index contributed by atoms with van der Waals surface area (Å²) in [6.45, 7) is 5.06. The Balaban J connectivity index is 1.98. The molecule has 0 bridgehead atoms. The molecule has 5 heteroatoms. The van der Waals surface area contributed by atoms with E-state index in [0.717, 1.165) is 24.1 Å². The van der Waals surface area contributed by atoms with Crippen LogP contribution in [0.15, 0.2) is 24.3 Å². The van der Waals surface area contributed by atoms with Crippen molar-refractivity contribution in [1.82, 2.24) is 9.80 Å². The first-order valence-electron chi connectivity index (χ1n) is 7.85. The van der Waals surface area contributed by atoms with Crippen LogP contribution in [-0.4, -0.2) is 47.8 Å². The van der Waals surface area contributed by atoms with Crippen molar-refractivity contribution in [2.75, 3.05) is 25.5 Å². The van der Waals surface area contributed by atoms with E-state index in [1.165, 1.54) is 0 Å². The molecule has 0 aliphatic heterocycles. The van der Waals surface area contributed by atoms with E-state index in [1.807, 2.05) is 43.1 Å². The third-order valence-corrected chi connectivity index (χ3v) is 4.12. The Labute approximate surface area is 132 Å². The molecule has 1 aromatic rings. The smallest absolute Gasteiger partial charge is 0.241 e. The van der Waals surface area contributed by atoms with Gasteiger partial charge in [0.1, 0.15) is 0 Å². The van der Waals surface area contributed by atoms with E-state index in [4.69, 9.17) is 0 Å². The Morgan fingerprint density at radius 3 is 2.55 bits per heavy atom. The van der Waals surface area contributed by atoms with Crippen molar-refractivity contribution in [2.24, 2.45) is 0 Å². The monoisotopic (exact) mass is 303 g/mol. The maximum absolute atomic E-state index is 12.1. The lowest BCUT2D eigenvalue weighted by molar-refractivity contribution is -0.129. The van der Waals surface area contributed by atoms with Gasteiger partial charge in [-0.15, -0.1) is 0 Å². The van der Waals surface area contributed by atoms with E-state index >= 15 is 0 Å². The second kappa shape index (κ2) is 7.29. The summed E-state index contributed by atoms with van der Waals surface area (Å²) in [7, 11) is 1.86. The summed E-state index contributed by atoms with van der Waals surface area (Å²) in [6, 6.07) is 8.26. The highest BCUT2D eigenvalue weighted by atomic mass is 16.2. The average Bonchev–Trinajstić information content (AvgIpc) is 3.34. The molecule has 1 saturated carbocycles. The summed E-state index contributed by atoms with van der Waals surface area (Å²) in [5, 5.41) is 3.22. The summed E-state index contributed by atoms with van der Waals surface area (Å²) in [4.78, 5) is 27.3. The molecule has 0 heterocycles. The summed E-state index contributed by atoms with van der Waals surface area (Å²) < 4.78 is 0. The number of benzene rings is 1. The van der Waals surface area contributed by atoms with Crippen LogP contribution in [0.1, 0.15) is 32.3 Å². The maximum atomic E-state index is 12.1. The zero-order chi connectivity index (χ0) is 16.1. The number of nitrogens with one attached hydrogen (secondary N) is 1. The summed E-state index contributed by atoms with van der Waals surface area (Å²) in [6.07, 6.45) is 2.23. The van der Waals surface area contributed by atoms with E-state index in [-0.39, 0.29) is 18.4 Å². The Bertz CT molecular complexity index is 540. The van der Waals surface area contributed by atoms with Crippen LogP contribution in [0.2, 0.25) is 0 Å². The Morgan fingerprint density at radius 2 is 1.95 bits per heavy atom. The number of rotatable bonds is 7. The normalized spacial score (nSPS) is 13.6. The number of hydrogen-bond acceptors (Lipinski definition) is 3. The SMILES string of the molecule is CCN(Cc1ccccc1NCC(=O)N(C)C1CC1)C(C)=O. The lowest BCUT2D eigenvalue weighted by Gasteiger charge is -2.22. The van der Waals surface area contributed by atoms with Crippen molar-refractivity contribution in [3.63, 3.8) is 0 Å². The number of hydrogen-bond donors (Lipinski definition) is 1. The minimum Gasteiger partial charge on any atom is -0.376 e. The molecule has 1 aliphatic carbocycles. The van der Waals surface area contributed by atoms with Gasteiger partial charge in [-0.25, -0.2) is 0 Å². The number of anilines is 1. The molecule has 1 aliphatic rings. The number of carbonyl (C=O) groups is 2. The van der Waals surface area contributed by atoms with Crippen molar-refractivity contribution < 1.29 is 9.59 Å². The third kappa shape index (κ3) is 4.23. The molecular weight excluding hydrogens is 278 g/mol. The van der Waals surface area contributed by atoms with Crippen molar-refractivity contribution in [1.29, 1.82) is 0 Å².